The highest BCUT2D eigenvalue weighted by Crippen LogP contribution is 2.27. The Kier molecular flexibility index (Phi) is 5.26. The molecule has 4 nitrogen and oxygen atoms in total. The van der Waals surface area contributed by atoms with E-state index in [0.29, 0.717) is 6.54 Å². The van der Waals surface area contributed by atoms with Crippen molar-refractivity contribution in [3.05, 3.63) is 34.9 Å². The van der Waals surface area contributed by atoms with Gasteiger partial charge in [0.15, 0.2) is 0 Å². The first-order valence-corrected chi connectivity index (χ1v) is 9.13. The first-order valence-electron chi connectivity index (χ1n) is 9.13. The number of carbonyl (C=O) groups is 1. The normalized spacial score (nSPS) is 19.8. The van der Waals surface area contributed by atoms with E-state index in [4.69, 9.17) is 4.74 Å². The average molecular weight is 330 g/mol. The van der Waals surface area contributed by atoms with Crippen LogP contribution in [0.3, 0.4) is 0 Å². The average Bonchev–Trinajstić information content (AvgIpc) is 2.54. The summed E-state index contributed by atoms with van der Waals surface area (Å²) >= 11 is 0. The van der Waals surface area contributed by atoms with Crippen LogP contribution in [0.2, 0.25) is 0 Å². The van der Waals surface area contributed by atoms with Crippen molar-refractivity contribution in [1.29, 1.82) is 0 Å². The number of fused-ring (bicyclic) bond motifs is 1. The fourth-order valence-corrected chi connectivity index (χ4v) is 3.54. The lowest BCUT2D eigenvalue weighted by Crippen LogP contribution is -2.45. The maximum Gasteiger partial charge on any atom is 0.234 e. The number of benzene rings is 1. The van der Waals surface area contributed by atoms with Crippen molar-refractivity contribution in [3.63, 3.8) is 0 Å². The molecule has 1 fully saturated rings. The smallest absolute Gasteiger partial charge is 0.234 e. The molecule has 0 radical (unpaired) electrons. The Labute approximate surface area is 145 Å². The van der Waals surface area contributed by atoms with Gasteiger partial charge in [0.25, 0.3) is 0 Å². The molecule has 1 saturated heterocycles. The van der Waals surface area contributed by atoms with E-state index in [-0.39, 0.29) is 17.4 Å². The third kappa shape index (κ3) is 4.37. The number of ether oxygens (including phenoxy) is 1. The quantitative estimate of drug-likeness (QED) is 0.926. The molecule has 0 aliphatic carbocycles. The highest BCUT2D eigenvalue weighted by atomic mass is 16.5. The summed E-state index contributed by atoms with van der Waals surface area (Å²) < 4.78 is 5.35. The number of amides is 1. The van der Waals surface area contributed by atoms with E-state index < -0.39 is 0 Å². The maximum absolute atomic E-state index is 12.3. The molecule has 132 valence electrons. The zero-order valence-corrected chi connectivity index (χ0v) is 15.2. The second kappa shape index (κ2) is 7.24. The molecule has 0 saturated carbocycles. The summed E-state index contributed by atoms with van der Waals surface area (Å²) in [5, 5.41) is 3.17. The van der Waals surface area contributed by atoms with E-state index in [1.54, 1.807) is 0 Å². The van der Waals surface area contributed by atoms with Gasteiger partial charge >= 0.3 is 0 Å². The molecule has 0 spiro atoms. The zero-order chi connectivity index (χ0) is 17.2. The minimum atomic E-state index is 0.150. The van der Waals surface area contributed by atoms with Gasteiger partial charge in [0.2, 0.25) is 5.91 Å². The molecule has 0 unspecified atom stereocenters. The summed E-state index contributed by atoms with van der Waals surface area (Å²) in [4.78, 5) is 14.6. The van der Waals surface area contributed by atoms with Gasteiger partial charge in [0, 0.05) is 32.3 Å². The van der Waals surface area contributed by atoms with Crippen LogP contribution in [0.5, 0.6) is 0 Å². The van der Waals surface area contributed by atoms with Crippen LogP contribution in [0, 0.1) is 0 Å². The van der Waals surface area contributed by atoms with E-state index >= 15 is 0 Å². The van der Waals surface area contributed by atoms with Crippen LogP contribution in [-0.4, -0.2) is 43.2 Å². The number of hydrogen-bond donors (Lipinski definition) is 1. The van der Waals surface area contributed by atoms with Gasteiger partial charge in [0.1, 0.15) is 0 Å². The predicted octanol–water partition coefficient (Wildman–Crippen LogP) is 2.64. The van der Waals surface area contributed by atoms with Crippen LogP contribution in [0.1, 0.15) is 50.3 Å². The lowest BCUT2D eigenvalue weighted by atomic mass is 9.84. The van der Waals surface area contributed by atoms with Crippen LogP contribution in [0.15, 0.2) is 18.2 Å². The fourth-order valence-electron chi connectivity index (χ4n) is 3.54. The van der Waals surface area contributed by atoms with E-state index in [1.807, 2.05) is 0 Å². The van der Waals surface area contributed by atoms with E-state index in [1.165, 1.54) is 16.7 Å². The molecule has 24 heavy (non-hydrogen) atoms. The Hall–Kier alpha value is -1.39. The van der Waals surface area contributed by atoms with Crippen molar-refractivity contribution < 1.29 is 9.53 Å². The monoisotopic (exact) mass is 330 g/mol. The highest BCUT2D eigenvalue weighted by Gasteiger charge is 2.22. The molecule has 4 heteroatoms. The predicted molar refractivity (Wildman–Crippen MR) is 96.1 cm³/mol. The first-order chi connectivity index (χ1) is 11.4. The van der Waals surface area contributed by atoms with Crippen LogP contribution in [-0.2, 0) is 27.9 Å². The van der Waals surface area contributed by atoms with Gasteiger partial charge in [0.05, 0.1) is 6.54 Å². The second-order valence-electron chi connectivity index (χ2n) is 8.15. The highest BCUT2D eigenvalue weighted by molar-refractivity contribution is 5.78. The van der Waals surface area contributed by atoms with Gasteiger partial charge < -0.3 is 10.1 Å². The molecule has 0 aromatic heterocycles. The van der Waals surface area contributed by atoms with Crippen molar-refractivity contribution in [1.82, 2.24) is 10.2 Å². The second-order valence-corrected chi connectivity index (χ2v) is 8.15. The van der Waals surface area contributed by atoms with Crippen molar-refractivity contribution in [3.8, 4) is 0 Å². The third-order valence-electron chi connectivity index (χ3n) is 5.12. The Morgan fingerprint density at radius 2 is 2.00 bits per heavy atom. The van der Waals surface area contributed by atoms with Crippen LogP contribution in [0.4, 0.5) is 0 Å². The first kappa shape index (κ1) is 17.4. The molecule has 0 bridgehead atoms. The van der Waals surface area contributed by atoms with Crippen molar-refractivity contribution >= 4 is 5.91 Å². The summed E-state index contributed by atoms with van der Waals surface area (Å²) in [5.41, 5.74) is 4.35. The summed E-state index contributed by atoms with van der Waals surface area (Å²) in [7, 11) is 0. The van der Waals surface area contributed by atoms with Gasteiger partial charge in [-0.1, -0.05) is 39.0 Å². The number of nitrogens with one attached hydrogen (secondary N) is 1. The van der Waals surface area contributed by atoms with Gasteiger partial charge in [-0.2, -0.15) is 0 Å². The Balaban J connectivity index is 1.58. The number of hydrogen-bond acceptors (Lipinski definition) is 3. The molecule has 0 atom stereocenters. The maximum atomic E-state index is 12.3. The number of rotatable bonds is 3. The molecule has 1 amide bonds. The summed E-state index contributed by atoms with van der Waals surface area (Å²) in [6.07, 6.45) is 2.90. The van der Waals surface area contributed by atoms with E-state index in [0.717, 1.165) is 45.6 Å². The molecular weight excluding hydrogens is 300 g/mol. The largest absolute Gasteiger partial charge is 0.381 e. The van der Waals surface area contributed by atoms with Gasteiger partial charge in [-0.05, 0) is 41.4 Å². The Morgan fingerprint density at radius 1 is 1.25 bits per heavy atom. The molecule has 2 aliphatic heterocycles. The standard InChI is InChI=1S/C20H30N2O2/c1-20(2,3)17-5-4-15-6-9-22(13-16(15)12-17)14-19(23)21-18-7-10-24-11-8-18/h4-5,12,18H,6-11,13-14H2,1-3H3,(H,21,23). The third-order valence-corrected chi connectivity index (χ3v) is 5.12. The van der Waals surface area contributed by atoms with Crippen molar-refractivity contribution in [2.45, 2.75) is 58.0 Å². The van der Waals surface area contributed by atoms with Gasteiger partial charge in [-0.15, -0.1) is 0 Å². The number of nitrogens with zero attached hydrogens (tertiary/aromatic N) is 1. The molecule has 1 N–H and O–H groups in total. The number of carbonyl (C=O) groups excluding carboxylic acids is 1. The SMILES string of the molecule is CC(C)(C)c1ccc2c(c1)CN(CC(=O)NC1CCOCC1)CC2. The van der Waals surface area contributed by atoms with Crippen molar-refractivity contribution in [2.75, 3.05) is 26.3 Å². The Morgan fingerprint density at radius 3 is 2.71 bits per heavy atom. The van der Waals surface area contributed by atoms with Crippen LogP contribution >= 0.6 is 0 Å². The van der Waals surface area contributed by atoms with Crippen LogP contribution < -0.4 is 5.32 Å². The lowest BCUT2D eigenvalue weighted by Gasteiger charge is -2.31. The van der Waals surface area contributed by atoms with Gasteiger partial charge in [-0.25, -0.2) is 0 Å². The van der Waals surface area contributed by atoms with Gasteiger partial charge in [-0.3, -0.25) is 9.69 Å². The lowest BCUT2D eigenvalue weighted by molar-refractivity contribution is -0.123. The van der Waals surface area contributed by atoms with Crippen LogP contribution in [0.25, 0.3) is 0 Å². The minimum absolute atomic E-state index is 0.150. The molecule has 2 aliphatic rings. The van der Waals surface area contributed by atoms with E-state index in [2.05, 4.69) is 49.2 Å². The van der Waals surface area contributed by atoms with Crippen molar-refractivity contribution in [2.24, 2.45) is 0 Å². The summed E-state index contributed by atoms with van der Waals surface area (Å²) in [6.45, 7) is 10.6. The molecule has 1 aromatic carbocycles. The molecule has 2 heterocycles. The minimum Gasteiger partial charge on any atom is -0.381 e. The molecule has 3 rings (SSSR count). The topological polar surface area (TPSA) is 41.6 Å². The molecular formula is C20H30N2O2. The zero-order valence-electron chi connectivity index (χ0n) is 15.2. The fraction of sp³-hybridized carbons (Fsp3) is 0.650. The summed E-state index contributed by atoms with van der Waals surface area (Å²) in [5.74, 6) is 0.150. The Bertz CT molecular complexity index is 586. The van der Waals surface area contributed by atoms with E-state index in [9.17, 15) is 4.79 Å². The molecule has 1 aromatic rings. The summed E-state index contributed by atoms with van der Waals surface area (Å²) in [6, 6.07) is 7.15.